The van der Waals surface area contributed by atoms with Gasteiger partial charge >= 0.3 is 5.97 Å². The molecule has 0 saturated carbocycles. The Balaban J connectivity index is 2.86. The van der Waals surface area contributed by atoms with E-state index < -0.39 is 10.7 Å². The van der Waals surface area contributed by atoms with Gasteiger partial charge in [-0.25, -0.2) is 0 Å². The summed E-state index contributed by atoms with van der Waals surface area (Å²) >= 11 is 0.908. The zero-order chi connectivity index (χ0) is 15.0. The predicted molar refractivity (Wildman–Crippen MR) is 79.5 cm³/mol. The summed E-state index contributed by atoms with van der Waals surface area (Å²) in [5.74, 6) is 0.331. The van der Waals surface area contributed by atoms with Crippen molar-refractivity contribution in [3.63, 3.8) is 0 Å². The second-order valence-electron chi connectivity index (χ2n) is 4.34. The van der Waals surface area contributed by atoms with Crippen molar-refractivity contribution in [1.82, 2.24) is 0 Å². The fraction of sp³-hybridized carbons (Fsp3) is 0.333. The molecule has 0 saturated heterocycles. The Labute approximate surface area is 123 Å². The molecule has 20 heavy (non-hydrogen) atoms. The van der Waals surface area contributed by atoms with Crippen LogP contribution in [0, 0.1) is 10.7 Å². The molecule has 1 rings (SSSR count). The number of methoxy groups -OCH3 is 1. The topological polar surface area (TPSA) is 59.3 Å². The second-order valence-corrected chi connectivity index (χ2v) is 5.62. The highest BCUT2D eigenvalue weighted by Gasteiger charge is 2.36. The van der Waals surface area contributed by atoms with Crippen molar-refractivity contribution in [1.29, 1.82) is 5.26 Å². The van der Waals surface area contributed by atoms with E-state index in [0.29, 0.717) is 6.42 Å². The van der Waals surface area contributed by atoms with Gasteiger partial charge in [0.05, 0.1) is 7.11 Å². The molecule has 0 amide bonds. The summed E-state index contributed by atoms with van der Waals surface area (Å²) in [6.07, 6.45) is 1.91. The lowest BCUT2D eigenvalue weighted by Gasteiger charge is -2.23. The highest BCUT2D eigenvalue weighted by Crippen LogP contribution is 2.30. The minimum absolute atomic E-state index is 0.142. The third-order valence-corrected chi connectivity index (χ3v) is 3.59. The van der Waals surface area contributed by atoms with Crippen molar-refractivity contribution < 1.29 is 14.3 Å². The van der Waals surface area contributed by atoms with Gasteiger partial charge < -0.3 is 9.47 Å². The number of thioether (sulfide) groups is 1. The summed E-state index contributed by atoms with van der Waals surface area (Å²) < 4.78 is 9.22. The molecule has 0 bridgehead atoms. The van der Waals surface area contributed by atoms with Crippen LogP contribution >= 0.6 is 11.8 Å². The summed E-state index contributed by atoms with van der Waals surface area (Å²) in [6.45, 7) is 5.35. The maximum Gasteiger partial charge on any atom is 0.323 e. The van der Waals surface area contributed by atoms with Crippen LogP contribution in [0.25, 0.3) is 0 Å². The van der Waals surface area contributed by atoms with E-state index in [9.17, 15) is 4.79 Å². The minimum atomic E-state index is -0.938. The van der Waals surface area contributed by atoms with Crippen LogP contribution in [-0.4, -0.2) is 24.4 Å². The number of thiocyanates is 1. The molecular formula is C15H17NO3S. The Morgan fingerprint density at radius 3 is 2.65 bits per heavy atom. The van der Waals surface area contributed by atoms with Crippen LogP contribution in [0.2, 0.25) is 0 Å². The van der Waals surface area contributed by atoms with E-state index in [4.69, 9.17) is 14.7 Å². The van der Waals surface area contributed by atoms with Crippen molar-refractivity contribution in [2.75, 3.05) is 13.7 Å². The SMILES string of the molecule is C=CCOC(=O)C(C)(Cc1ccc(OC)cc1)SC#N. The molecule has 0 fully saturated rings. The Kier molecular flexibility index (Phi) is 6.13. The Morgan fingerprint density at radius 2 is 2.15 bits per heavy atom. The molecule has 1 unspecified atom stereocenters. The molecule has 1 aromatic rings. The minimum Gasteiger partial charge on any atom is -0.497 e. The van der Waals surface area contributed by atoms with Crippen molar-refractivity contribution in [3.05, 3.63) is 42.5 Å². The molecule has 0 aromatic heterocycles. The van der Waals surface area contributed by atoms with Crippen LogP contribution in [0.3, 0.4) is 0 Å². The number of nitriles is 1. The molecule has 0 aliphatic rings. The smallest absolute Gasteiger partial charge is 0.323 e. The lowest BCUT2D eigenvalue weighted by Crippen LogP contribution is -2.35. The van der Waals surface area contributed by atoms with Gasteiger partial charge in [-0.15, -0.1) is 0 Å². The molecule has 0 N–H and O–H groups in total. The molecule has 106 valence electrons. The number of carbonyl (C=O) groups is 1. The van der Waals surface area contributed by atoms with Crippen LogP contribution in [-0.2, 0) is 16.0 Å². The van der Waals surface area contributed by atoms with Crippen molar-refractivity contribution in [3.8, 4) is 11.2 Å². The number of ether oxygens (including phenoxy) is 2. The maximum absolute atomic E-state index is 12.1. The fourth-order valence-electron chi connectivity index (χ4n) is 1.67. The number of nitrogens with zero attached hydrogens (tertiary/aromatic N) is 1. The standard InChI is InChI=1S/C15H17NO3S/c1-4-9-19-14(17)15(2,20-11-16)10-12-5-7-13(18-3)8-6-12/h4-8H,1,9-10H2,2-3H3. The Bertz CT molecular complexity index is 507. The first kappa shape index (κ1) is 16.1. The first-order chi connectivity index (χ1) is 9.55. The number of carbonyl (C=O) groups excluding carboxylic acids is 1. The van der Waals surface area contributed by atoms with Gasteiger partial charge in [0.25, 0.3) is 0 Å². The molecule has 0 heterocycles. The molecule has 1 atom stereocenters. The molecule has 1 aromatic carbocycles. The van der Waals surface area contributed by atoms with E-state index in [2.05, 4.69) is 6.58 Å². The molecule has 5 heteroatoms. The molecule has 0 aliphatic carbocycles. The van der Waals surface area contributed by atoms with Crippen LogP contribution < -0.4 is 4.74 Å². The van der Waals surface area contributed by atoms with Gasteiger partial charge in [-0.05, 0) is 42.8 Å². The lowest BCUT2D eigenvalue weighted by molar-refractivity contribution is -0.144. The van der Waals surface area contributed by atoms with Crippen molar-refractivity contribution in [2.45, 2.75) is 18.1 Å². The summed E-state index contributed by atoms with van der Waals surface area (Å²) in [5, 5.41) is 10.9. The van der Waals surface area contributed by atoms with Crippen LogP contribution in [0.15, 0.2) is 36.9 Å². The van der Waals surface area contributed by atoms with Gasteiger partial charge in [0, 0.05) is 0 Å². The van der Waals surface area contributed by atoms with Gasteiger partial charge in [0.1, 0.15) is 22.5 Å². The summed E-state index contributed by atoms with van der Waals surface area (Å²) in [4.78, 5) is 12.1. The van der Waals surface area contributed by atoms with E-state index in [1.165, 1.54) is 6.08 Å². The fourth-order valence-corrected chi connectivity index (χ4v) is 2.25. The van der Waals surface area contributed by atoms with E-state index in [-0.39, 0.29) is 6.61 Å². The number of rotatable bonds is 7. The summed E-state index contributed by atoms with van der Waals surface area (Å²) in [5.41, 5.74) is 0.937. The largest absolute Gasteiger partial charge is 0.497 e. The molecule has 0 aliphatic heterocycles. The van der Waals surface area contributed by atoms with E-state index in [0.717, 1.165) is 23.1 Å². The zero-order valence-electron chi connectivity index (χ0n) is 11.6. The Hall–Kier alpha value is -1.93. The van der Waals surface area contributed by atoms with Gasteiger partial charge in [-0.3, -0.25) is 4.79 Å². The predicted octanol–water partition coefficient (Wildman–Crippen LogP) is 2.94. The van der Waals surface area contributed by atoms with Crippen LogP contribution in [0.4, 0.5) is 0 Å². The second kappa shape index (κ2) is 7.61. The number of esters is 1. The lowest BCUT2D eigenvalue weighted by atomic mass is 10.0. The molecule has 4 nitrogen and oxygen atoms in total. The molecule has 0 spiro atoms. The number of hydrogen-bond donors (Lipinski definition) is 0. The summed E-state index contributed by atoms with van der Waals surface area (Å²) in [6, 6.07) is 7.38. The number of hydrogen-bond acceptors (Lipinski definition) is 5. The summed E-state index contributed by atoms with van der Waals surface area (Å²) in [7, 11) is 1.59. The van der Waals surface area contributed by atoms with Gasteiger partial charge in [-0.1, -0.05) is 24.8 Å². The molecular weight excluding hydrogens is 274 g/mol. The van der Waals surface area contributed by atoms with E-state index in [1.807, 2.05) is 29.7 Å². The number of benzene rings is 1. The van der Waals surface area contributed by atoms with Crippen molar-refractivity contribution >= 4 is 17.7 Å². The van der Waals surface area contributed by atoms with Gasteiger partial charge in [-0.2, -0.15) is 5.26 Å². The average Bonchev–Trinajstić information content (AvgIpc) is 2.45. The maximum atomic E-state index is 12.1. The zero-order valence-corrected chi connectivity index (χ0v) is 12.4. The third-order valence-electron chi connectivity index (χ3n) is 2.74. The quantitative estimate of drug-likeness (QED) is 0.439. The highest BCUT2D eigenvalue weighted by molar-refractivity contribution is 8.05. The van der Waals surface area contributed by atoms with Crippen LogP contribution in [0.1, 0.15) is 12.5 Å². The first-order valence-corrected chi connectivity index (χ1v) is 6.85. The third kappa shape index (κ3) is 4.32. The van der Waals surface area contributed by atoms with E-state index >= 15 is 0 Å². The van der Waals surface area contributed by atoms with E-state index in [1.54, 1.807) is 14.0 Å². The Morgan fingerprint density at radius 1 is 1.50 bits per heavy atom. The van der Waals surface area contributed by atoms with Crippen LogP contribution in [0.5, 0.6) is 5.75 Å². The van der Waals surface area contributed by atoms with Gasteiger partial charge in [0.2, 0.25) is 0 Å². The highest BCUT2D eigenvalue weighted by atomic mass is 32.2. The first-order valence-electron chi connectivity index (χ1n) is 6.04. The van der Waals surface area contributed by atoms with Gasteiger partial charge in [0.15, 0.2) is 0 Å². The average molecular weight is 291 g/mol. The van der Waals surface area contributed by atoms with Crippen molar-refractivity contribution in [2.24, 2.45) is 0 Å². The monoisotopic (exact) mass is 291 g/mol. The normalized spacial score (nSPS) is 12.8. The molecule has 0 radical (unpaired) electrons.